The van der Waals surface area contributed by atoms with Crippen LogP contribution in [-0.4, -0.2) is 8.07 Å². The zero-order valence-corrected chi connectivity index (χ0v) is 10.1. The summed E-state index contributed by atoms with van der Waals surface area (Å²) in [6.45, 7) is 6.96. The first-order chi connectivity index (χ1) is 6.55. The standard InChI is InChI=1S/C12H17NSi/c1-14(2,3)12(9-10-13)11-7-5-4-6-8-11/h4-8,12H,9H2,1-3H3. The quantitative estimate of drug-likeness (QED) is 0.689. The zero-order valence-electron chi connectivity index (χ0n) is 9.12. The maximum absolute atomic E-state index is 8.83. The SMILES string of the molecule is C[Si](C)(C)C(CC#N)c1ccccc1. The molecule has 1 aromatic carbocycles. The Balaban J connectivity index is 2.96. The van der Waals surface area contributed by atoms with Crippen molar-refractivity contribution in [1.29, 1.82) is 5.26 Å². The lowest BCUT2D eigenvalue weighted by Crippen LogP contribution is -2.30. The largest absolute Gasteiger partial charge is 0.198 e. The molecule has 0 fully saturated rings. The summed E-state index contributed by atoms with van der Waals surface area (Å²) in [6.07, 6.45) is 0.653. The molecule has 0 aromatic heterocycles. The summed E-state index contributed by atoms with van der Waals surface area (Å²) in [7, 11) is -1.27. The second-order valence-electron chi connectivity index (χ2n) is 4.69. The highest BCUT2D eigenvalue weighted by molar-refractivity contribution is 6.77. The average molecular weight is 203 g/mol. The summed E-state index contributed by atoms with van der Waals surface area (Å²) in [5.41, 5.74) is 1.79. The topological polar surface area (TPSA) is 23.8 Å². The summed E-state index contributed by atoms with van der Waals surface area (Å²) in [4.78, 5) is 0. The van der Waals surface area contributed by atoms with Crippen molar-refractivity contribution in [2.45, 2.75) is 31.6 Å². The molecule has 1 nitrogen and oxygen atoms in total. The first-order valence-corrected chi connectivity index (χ1v) is 8.55. The van der Waals surface area contributed by atoms with Crippen molar-refractivity contribution in [1.82, 2.24) is 0 Å². The van der Waals surface area contributed by atoms with E-state index in [1.807, 2.05) is 6.07 Å². The van der Waals surface area contributed by atoms with Gasteiger partial charge in [-0.15, -0.1) is 0 Å². The molecule has 0 spiro atoms. The lowest BCUT2D eigenvalue weighted by atomic mass is 10.1. The van der Waals surface area contributed by atoms with Crippen LogP contribution in [0.15, 0.2) is 30.3 Å². The van der Waals surface area contributed by atoms with Gasteiger partial charge < -0.3 is 0 Å². The minimum absolute atomic E-state index is 0.466. The van der Waals surface area contributed by atoms with Gasteiger partial charge in [0.25, 0.3) is 0 Å². The van der Waals surface area contributed by atoms with E-state index in [-0.39, 0.29) is 0 Å². The average Bonchev–Trinajstić information content (AvgIpc) is 2.14. The fourth-order valence-corrected chi connectivity index (χ4v) is 3.60. The van der Waals surface area contributed by atoms with Crippen LogP contribution in [0.4, 0.5) is 0 Å². The molecule has 0 N–H and O–H groups in total. The molecule has 0 heterocycles. The molecule has 0 saturated carbocycles. The van der Waals surface area contributed by atoms with Gasteiger partial charge in [-0.05, 0) is 11.1 Å². The number of hydrogen-bond donors (Lipinski definition) is 0. The summed E-state index contributed by atoms with van der Waals surface area (Å²) in [5.74, 6) is 0. The normalized spacial score (nSPS) is 13.3. The van der Waals surface area contributed by atoms with Gasteiger partial charge >= 0.3 is 0 Å². The molecule has 0 aliphatic heterocycles. The van der Waals surface area contributed by atoms with Crippen LogP contribution in [0.1, 0.15) is 17.5 Å². The third-order valence-corrected chi connectivity index (χ3v) is 5.17. The number of nitriles is 1. The van der Waals surface area contributed by atoms with Gasteiger partial charge in [0.2, 0.25) is 0 Å². The van der Waals surface area contributed by atoms with E-state index in [9.17, 15) is 0 Å². The molecule has 0 amide bonds. The molecule has 74 valence electrons. The Morgan fingerprint density at radius 2 is 1.79 bits per heavy atom. The smallest absolute Gasteiger partial charge is 0.0625 e. The Morgan fingerprint density at radius 3 is 2.21 bits per heavy atom. The van der Waals surface area contributed by atoms with Crippen molar-refractivity contribution in [3.8, 4) is 6.07 Å². The van der Waals surface area contributed by atoms with Gasteiger partial charge in [-0.1, -0.05) is 50.0 Å². The number of benzene rings is 1. The van der Waals surface area contributed by atoms with Crippen molar-refractivity contribution in [2.75, 3.05) is 0 Å². The molecule has 0 saturated heterocycles. The van der Waals surface area contributed by atoms with Crippen LogP contribution in [0.3, 0.4) is 0 Å². The molecule has 0 aliphatic carbocycles. The molecule has 2 heteroatoms. The molecule has 1 aromatic rings. The van der Waals surface area contributed by atoms with Crippen molar-refractivity contribution in [3.63, 3.8) is 0 Å². The maximum Gasteiger partial charge on any atom is 0.0625 e. The Labute approximate surface area is 87.4 Å². The van der Waals surface area contributed by atoms with E-state index in [0.717, 1.165) is 0 Å². The number of hydrogen-bond acceptors (Lipinski definition) is 1. The van der Waals surface area contributed by atoms with Crippen LogP contribution < -0.4 is 0 Å². The fraction of sp³-hybridized carbons (Fsp3) is 0.417. The predicted octanol–water partition coefficient (Wildman–Crippen LogP) is 3.56. The van der Waals surface area contributed by atoms with Crippen molar-refractivity contribution < 1.29 is 0 Å². The molecule has 0 aliphatic rings. The second-order valence-corrected chi connectivity index (χ2v) is 10.1. The van der Waals surface area contributed by atoms with Gasteiger partial charge in [-0.3, -0.25) is 0 Å². The van der Waals surface area contributed by atoms with Crippen molar-refractivity contribution in [3.05, 3.63) is 35.9 Å². The Kier molecular flexibility index (Phi) is 3.48. The summed E-state index contributed by atoms with van der Waals surface area (Å²) >= 11 is 0. The molecule has 1 atom stereocenters. The molecule has 1 rings (SSSR count). The van der Waals surface area contributed by atoms with Gasteiger partial charge in [-0.25, -0.2) is 0 Å². The predicted molar refractivity (Wildman–Crippen MR) is 62.8 cm³/mol. The zero-order chi connectivity index (χ0) is 10.6. The molecule has 1 unspecified atom stereocenters. The molecule has 0 bridgehead atoms. The van der Waals surface area contributed by atoms with Crippen LogP contribution in [0, 0.1) is 11.3 Å². The Morgan fingerprint density at radius 1 is 1.21 bits per heavy atom. The first-order valence-electron chi connectivity index (χ1n) is 4.97. The van der Waals surface area contributed by atoms with E-state index >= 15 is 0 Å². The monoisotopic (exact) mass is 203 g/mol. The highest BCUT2D eigenvalue weighted by Crippen LogP contribution is 2.29. The Hall–Kier alpha value is -1.07. The van der Waals surface area contributed by atoms with Gasteiger partial charge in [0.1, 0.15) is 0 Å². The van der Waals surface area contributed by atoms with E-state index < -0.39 is 8.07 Å². The fourth-order valence-electron chi connectivity index (χ4n) is 1.70. The van der Waals surface area contributed by atoms with Crippen LogP contribution >= 0.6 is 0 Å². The summed E-state index contributed by atoms with van der Waals surface area (Å²) < 4.78 is 0. The molecular weight excluding hydrogens is 186 g/mol. The number of rotatable bonds is 3. The summed E-state index contributed by atoms with van der Waals surface area (Å²) in [5, 5.41) is 8.83. The molecule has 14 heavy (non-hydrogen) atoms. The van der Waals surface area contributed by atoms with Crippen LogP contribution in [0.5, 0.6) is 0 Å². The maximum atomic E-state index is 8.83. The van der Waals surface area contributed by atoms with Gasteiger partial charge in [0, 0.05) is 6.42 Å². The second kappa shape index (κ2) is 4.43. The van der Waals surface area contributed by atoms with E-state index in [1.54, 1.807) is 0 Å². The lowest BCUT2D eigenvalue weighted by molar-refractivity contribution is 0.917. The summed E-state index contributed by atoms with van der Waals surface area (Å²) in [6, 6.07) is 12.7. The van der Waals surface area contributed by atoms with Gasteiger partial charge in [0.15, 0.2) is 0 Å². The van der Waals surface area contributed by atoms with E-state index in [2.05, 4.69) is 50.0 Å². The van der Waals surface area contributed by atoms with E-state index in [0.29, 0.717) is 12.0 Å². The highest BCUT2D eigenvalue weighted by atomic mass is 28.3. The third kappa shape index (κ3) is 2.71. The first kappa shape index (κ1) is 11.0. The van der Waals surface area contributed by atoms with Gasteiger partial charge in [-0.2, -0.15) is 5.26 Å². The van der Waals surface area contributed by atoms with Crippen molar-refractivity contribution >= 4 is 8.07 Å². The third-order valence-electron chi connectivity index (χ3n) is 2.54. The van der Waals surface area contributed by atoms with E-state index in [4.69, 9.17) is 5.26 Å². The molecule has 0 radical (unpaired) electrons. The Bertz CT molecular complexity index is 318. The van der Waals surface area contributed by atoms with Crippen LogP contribution in [-0.2, 0) is 0 Å². The number of nitrogens with zero attached hydrogens (tertiary/aromatic N) is 1. The minimum Gasteiger partial charge on any atom is -0.198 e. The van der Waals surface area contributed by atoms with E-state index in [1.165, 1.54) is 5.56 Å². The lowest BCUT2D eigenvalue weighted by Gasteiger charge is -2.27. The minimum atomic E-state index is -1.27. The van der Waals surface area contributed by atoms with Crippen LogP contribution in [0.2, 0.25) is 19.6 Å². The van der Waals surface area contributed by atoms with Gasteiger partial charge in [0.05, 0.1) is 14.1 Å². The van der Waals surface area contributed by atoms with Crippen LogP contribution in [0.25, 0.3) is 0 Å². The van der Waals surface area contributed by atoms with Crippen molar-refractivity contribution in [2.24, 2.45) is 0 Å². The highest BCUT2D eigenvalue weighted by Gasteiger charge is 2.27. The molecular formula is C12H17NSi.